The Balaban J connectivity index is 1.80. The lowest BCUT2D eigenvalue weighted by Gasteiger charge is -2.23. The Labute approximate surface area is 209 Å². The highest BCUT2D eigenvalue weighted by Gasteiger charge is 2.37. The van der Waals surface area contributed by atoms with Crippen LogP contribution in [0.25, 0.3) is 22.5 Å². The van der Waals surface area contributed by atoms with Crippen molar-refractivity contribution in [1.82, 2.24) is 20.2 Å². The molecule has 2 aromatic rings. The molecule has 0 spiro atoms. The van der Waals surface area contributed by atoms with Crippen molar-refractivity contribution in [3.8, 4) is 11.4 Å². The van der Waals surface area contributed by atoms with Crippen LogP contribution in [0.2, 0.25) is 0 Å². The number of nitrogens with zero attached hydrogens (tertiary/aromatic N) is 5. The predicted molar refractivity (Wildman–Crippen MR) is 149 cm³/mol. The molecule has 0 bridgehead atoms. The van der Waals surface area contributed by atoms with Crippen molar-refractivity contribution >= 4 is 23.2 Å². The van der Waals surface area contributed by atoms with E-state index in [0.717, 1.165) is 71.2 Å². The third-order valence-electron chi connectivity index (χ3n) is 6.51. The van der Waals surface area contributed by atoms with Crippen LogP contribution in [0.1, 0.15) is 18.1 Å². The largest absolute Gasteiger partial charge is 0.383 e. The fourth-order valence-corrected chi connectivity index (χ4v) is 4.94. The maximum Gasteiger partial charge on any atom is 0.161 e. The molecule has 2 aliphatic heterocycles. The molecule has 0 aliphatic carbocycles. The molecule has 0 radical (unpaired) electrons. The van der Waals surface area contributed by atoms with Gasteiger partial charge in [-0.1, -0.05) is 49.1 Å². The number of allylic oxidation sites excluding steroid dienone is 5. The summed E-state index contributed by atoms with van der Waals surface area (Å²) in [6.07, 6.45) is 9.81. The average Bonchev–Trinajstić information content (AvgIpc) is 3.44. The first kappa shape index (κ1) is 24.6. The second-order valence-electron chi connectivity index (χ2n) is 9.68. The van der Waals surface area contributed by atoms with E-state index in [4.69, 9.17) is 9.97 Å². The van der Waals surface area contributed by atoms with Gasteiger partial charge in [-0.05, 0) is 36.0 Å². The van der Waals surface area contributed by atoms with Crippen molar-refractivity contribution < 1.29 is 0 Å². The average molecular weight is 469 g/mol. The summed E-state index contributed by atoms with van der Waals surface area (Å²) in [5, 5.41) is 3.53. The van der Waals surface area contributed by atoms with Gasteiger partial charge in [0.25, 0.3) is 0 Å². The minimum absolute atomic E-state index is 0.657. The van der Waals surface area contributed by atoms with E-state index in [0.29, 0.717) is 11.8 Å². The van der Waals surface area contributed by atoms with E-state index < -0.39 is 0 Å². The maximum atomic E-state index is 5.16. The number of benzene rings is 1. The van der Waals surface area contributed by atoms with E-state index in [2.05, 4.69) is 64.9 Å². The van der Waals surface area contributed by atoms with Crippen molar-refractivity contribution in [2.45, 2.75) is 6.92 Å². The van der Waals surface area contributed by atoms with E-state index in [1.54, 1.807) is 7.05 Å². The maximum absolute atomic E-state index is 5.16. The Morgan fingerprint density at radius 2 is 1.94 bits per heavy atom. The monoisotopic (exact) mass is 468 g/mol. The molecule has 3 heterocycles. The molecule has 2 fully saturated rings. The highest BCUT2D eigenvalue weighted by molar-refractivity contribution is 6.12. The summed E-state index contributed by atoms with van der Waals surface area (Å²) < 4.78 is 0. The standard InChI is InChI=1S/C29H36N6/c1-7-21(17-34(5)6)22-9-8-10-23(12-22)28-32-16-27(24(13-30-4)11-20(2)3)29(33-28)35-18-25-14-31-15-26(25)19-35/h7-13,16-17,25-26,31H,1-2,14-15,18-19H2,3-6H3/b21-17+,24-11+,30-13?. The summed E-state index contributed by atoms with van der Waals surface area (Å²) in [5.41, 5.74) is 6.06. The van der Waals surface area contributed by atoms with Gasteiger partial charge in [-0.3, -0.25) is 4.99 Å². The second-order valence-corrected chi connectivity index (χ2v) is 9.68. The van der Waals surface area contributed by atoms with E-state index >= 15 is 0 Å². The zero-order valence-corrected chi connectivity index (χ0v) is 21.3. The molecule has 2 aliphatic rings. The van der Waals surface area contributed by atoms with Crippen LogP contribution >= 0.6 is 0 Å². The Morgan fingerprint density at radius 1 is 1.20 bits per heavy atom. The lowest BCUT2D eigenvalue weighted by Crippen LogP contribution is -2.27. The van der Waals surface area contributed by atoms with Gasteiger partial charge >= 0.3 is 0 Å². The zero-order valence-electron chi connectivity index (χ0n) is 21.3. The van der Waals surface area contributed by atoms with E-state index in [9.17, 15) is 0 Å². The highest BCUT2D eigenvalue weighted by Crippen LogP contribution is 2.35. The Morgan fingerprint density at radius 3 is 2.57 bits per heavy atom. The van der Waals surface area contributed by atoms with Gasteiger partial charge in [-0.2, -0.15) is 0 Å². The summed E-state index contributed by atoms with van der Waals surface area (Å²) in [4.78, 5) is 18.7. The fourth-order valence-electron chi connectivity index (χ4n) is 4.94. The number of aliphatic imine (C=N–C) groups is 1. The van der Waals surface area contributed by atoms with Crippen molar-refractivity contribution in [2.24, 2.45) is 16.8 Å². The first-order chi connectivity index (χ1) is 16.9. The molecule has 35 heavy (non-hydrogen) atoms. The smallest absolute Gasteiger partial charge is 0.161 e. The van der Waals surface area contributed by atoms with Gasteiger partial charge in [0.15, 0.2) is 5.82 Å². The van der Waals surface area contributed by atoms with Crippen molar-refractivity contribution in [2.75, 3.05) is 52.2 Å². The summed E-state index contributed by atoms with van der Waals surface area (Å²) in [6.45, 7) is 14.2. The molecule has 182 valence electrons. The van der Waals surface area contributed by atoms with Crippen molar-refractivity contribution in [1.29, 1.82) is 0 Å². The summed E-state index contributed by atoms with van der Waals surface area (Å²) in [5.74, 6) is 3.00. The number of anilines is 1. The number of fused-ring (bicyclic) bond motifs is 1. The molecule has 2 saturated heterocycles. The van der Waals surface area contributed by atoms with Crippen molar-refractivity contribution in [3.63, 3.8) is 0 Å². The normalized spacial score (nSPS) is 20.4. The van der Waals surface area contributed by atoms with Gasteiger partial charge in [0.05, 0.1) is 0 Å². The second kappa shape index (κ2) is 10.8. The molecular formula is C29H36N6. The van der Waals surface area contributed by atoms with E-state index in [1.165, 1.54) is 0 Å². The number of hydrogen-bond donors (Lipinski definition) is 1. The zero-order chi connectivity index (χ0) is 24.9. The lowest BCUT2D eigenvalue weighted by atomic mass is 10.0. The van der Waals surface area contributed by atoms with Crippen molar-refractivity contribution in [3.05, 3.63) is 78.7 Å². The summed E-state index contributed by atoms with van der Waals surface area (Å²) in [6, 6.07) is 8.35. The van der Waals surface area contributed by atoms with Gasteiger partial charge in [0.2, 0.25) is 0 Å². The third-order valence-corrected chi connectivity index (χ3v) is 6.51. The van der Waals surface area contributed by atoms with Crippen LogP contribution in [-0.2, 0) is 0 Å². The number of rotatable bonds is 8. The first-order valence-corrected chi connectivity index (χ1v) is 12.1. The minimum atomic E-state index is 0.657. The summed E-state index contributed by atoms with van der Waals surface area (Å²) >= 11 is 0. The Bertz CT molecular complexity index is 1180. The van der Waals surface area contributed by atoms with E-state index in [1.807, 2.05) is 44.4 Å². The first-order valence-electron chi connectivity index (χ1n) is 12.1. The Hall–Kier alpha value is -3.51. The molecule has 6 nitrogen and oxygen atoms in total. The minimum Gasteiger partial charge on any atom is -0.383 e. The molecule has 1 aromatic heterocycles. The van der Waals surface area contributed by atoms with Gasteiger partial charge < -0.3 is 15.1 Å². The van der Waals surface area contributed by atoms with Crippen LogP contribution in [0.15, 0.2) is 72.5 Å². The fraction of sp³-hybridized carbons (Fsp3) is 0.345. The van der Waals surface area contributed by atoms with Crippen LogP contribution in [0.4, 0.5) is 5.82 Å². The van der Waals surface area contributed by atoms with Gasteiger partial charge in [-0.15, -0.1) is 0 Å². The van der Waals surface area contributed by atoms with Crippen LogP contribution in [0, 0.1) is 11.8 Å². The molecule has 1 aromatic carbocycles. The molecular weight excluding hydrogens is 432 g/mol. The molecule has 0 saturated carbocycles. The molecule has 4 rings (SSSR count). The molecule has 2 unspecified atom stereocenters. The SMILES string of the molecule is C=C/C(=C\N(C)C)c1cccc(-c2ncc(/C(C=NC)=C/C(=C)C)c(N3CC4CNCC4C3)n2)c1. The number of aromatic nitrogens is 2. The lowest BCUT2D eigenvalue weighted by molar-refractivity contribution is 0.533. The van der Waals surface area contributed by atoms with E-state index in [-0.39, 0.29) is 0 Å². The predicted octanol–water partition coefficient (Wildman–Crippen LogP) is 4.55. The molecule has 2 atom stereocenters. The number of hydrogen-bond acceptors (Lipinski definition) is 6. The summed E-state index contributed by atoms with van der Waals surface area (Å²) in [7, 11) is 5.81. The van der Waals surface area contributed by atoms with Crippen LogP contribution < -0.4 is 10.2 Å². The number of nitrogens with one attached hydrogen (secondary N) is 1. The van der Waals surface area contributed by atoms with Gasteiger partial charge in [-0.25, -0.2) is 9.97 Å². The quantitative estimate of drug-likeness (QED) is 0.455. The van der Waals surface area contributed by atoms with Gasteiger partial charge in [0, 0.05) is 82.6 Å². The van der Waals surface area contributed by atoms with Crippen LogP contribution in [0.3, 0.4) is 0 Å². The third kappa shape index (κ3) is 5.60. The Kier molecular flexibility index (Phi) is 7.61. The molecule has 6 heteroatoms. The van der Waals surface area contributed by atoms with Crippen LogP contribution in [-0.4, -0.2) is 68.4 Å². The molecule has 0 amide bonds. The van der Waals surface area contributed by atoms with Gasteiger partial charge in [0.1, 0.15) is 5.82 Å². The van der Waals surface area contributed by atoms with Crippen LogP contribution in [0.5, 0.6) is 0 Å². The highest BCUT2D eigenvalue weighted by atomic mass is 15.2. The topological polar surface area (TPSA) is 56.7 Å². The molecule has 1 N–H and O–H groups in total.